The Labute approximate surface area is 137 Å². The number of carbonyl (C=O) groups is 1. The minimum Gasteiger partial charge on any atom is -0.365 e. The standard InChI is InChI=1S/C18H24N4O/c1-12(2)13-8-6-7-9-14(13)21-17(23)15-10-16(20-11-19-15)22-18(3,4)5/h6-12H,1-5H3,(H,21,23)(H,19,20,22). The molecule has 0 aliphatic rings. The summed E-state index contributed by atoms with van der Waals surface area (Å²) in [6.07, 6.45) is 1.40. The van der Waals surface area contributed by atoms with Gasteiger partial charge in [-0.1, -0.05) is 32.0 Å². The summed E-state index contributed by atoms with van der Waals surface area (Å²) in [4.78, 5) is 20.7. The largest absolute Gasteiger partial charge is 0.365 e. The van der Waals surface area contributed by atoms with Gasteiger partial charge in [0.25, 0.3) is 5.91 Å². The molecule has 2 N–H and O–H groups in total. The highest BCUT2D eigenvalue weighted by Gasteiger charge is 2.15. The first kappa shape index (κ1) is 16.9. The van der Waals surface area contributed by atoms with E-state index >= 15 is 0 Å². The molecule has 0 bridgehead atoms. The molecular formula is C18H24N4O. The highest BCUT2D eigenvalue weighted by molar-refractivity contribution is 6.03. The highest BCUT2D eigenvalue weighted by atomic mass is 16.1. The molecule has 0 saturated heterocycles. The number of anilines is 2. The van der Waals surface area contributed by atoms with E-state index in [0.29, 0.717) is 17.4 Å². The number of carbonyl (C=O) groups excluding carboxylic acids is 1. The van der Waals surface area contributed by atoms with Crippen molar-refractivity contribution in [2.45, 2.75) is 46.1 Å². The van der Waals surface area contributed by atoms with E-state index < -0.39 is 0 Å². The minimum absolute atomic E-state index is 0.133. The van der Waals surface area contributed by atoms with Crippen molar-refractivity contribution < 1.29 is 4.79 Å². The van der Waals surface area contributed by atoms with Gasteiger partial charge in [0.05, 0.1) is 0 Å². The summed E-state index contributed by atoms with van der Waals surface area (Å²) in [7, 11) is 0. The van der Waals surface area contributed by atoms with Gasteiger partial charge in [0.1, 0.15) is 17.8 Å². The first-order valence-electron chi connectivity index (χ1n) is 7.77. The minimum atomic E-state index is -0.238. The van der Waals surface area contributed by atoms with Crippen molar-refractivity contribution >= 4 is 17.4 Å². The third kappa shape index (κ3) is 4.77. The van der Waals surface area contributed by atoms with Gasteiger partial charge in [-0.15, -0.1) is 0 Å². The summed E-state index contributed by atoms with van der Waals surface area (Å²) in [5.41, 5.74) is 2.12. The van der Waals surface area contributed by atoms with Gasteiger partial charge in [0, 0.05) is 17.3 Å². The first-order valence-corrected chi connectivity index (χ1v) is 7.77. The van der Waals surface area contributed by atoms with E-state index in [1.54, 1.807) is 6.07 Å². The van der Waals surface area contributed by atoms with E-state index in [2.05, 4.69) is 34.4 Å². The van der Waals surface area contributed by atoms with Crippen molar-refractivity contribution in [2.75, 3.05) is 10.6 Å². The first-order chi connectivity index (χ1) is 10.8. The molecule has 0 radical (unpaired) electrons. The Bertz CT molecular complexity index is 689. The molecule has 5 heteroatoms. The maximum atomic E-state index is 12.5. The Hall–Kier alpha value is -2.43. The van der Waals surface area contributed by atoms with Crippen molar-refractivity contribution in [3.63, 3.8) is 0 Å². The predicted molar refractivity (Wildman–Crippen MR) is 93.9 cm³/mol. The van der Waals surface area contributed by atoms with E-state index in [1.165, 1.54) is 6.33 Å². The van der Waals surface area contributed by atoms with Crippen LogP contribution in [0.4, 0.5) is 11.5 Å². The molecule has 0 fully saturated rings. The maximum Gasteiger partial charge on any atom is 0.274 e. The number of rotatable bonds is 4. The van der Waals surface area contributed by atoms with Crippen molar-refractivity contribution in [1.82, 2.24) is 9.97 Å². The molecule has 1 amide bonds. The van der Waals surface area contributed by atoms with Crippen LogP contribution in [0.15, 0.2) is 36.7 Å². The molecule has 122 valence electrons. The summed E-state index contributed by atoms with van der Waals surface area (Å²) in [5, 5.41) is 6.18. The molecular weight excluding hydrogens is 288 g/mol. The molecule has 1 aromatic heterocycles. The lowest BCUT2D eigenvalue weighted by Gasteiger charge is -2.21. The van der Waals surface area contributed by atoms with Crippen LogP contribution in [0.25, 0.3) is 0 Å². The fourth-order valence-electron chi connectivity index (χ4n) is 2.23. The molecule has 1 heterocycles. The average molecular weight is 312 g/mol. The smallest absolute Gasteiger partial charge is 0.274 e. The average Bonchev–Trinajstić information content (AvgIpc) is 2.46. The van der Waals surface area contributed by atoms with Crippen molar-refractivity contribution in [1.29, 1.82) is 0 Å². The Morgan fingerprint density at radius 3 is 2.48 bits per heavy atom. The lowest BCUT2D eigenvalue weighted by molar-refractivity contribution is 0.102. The Morgan fingerprint density at radius 2 is 1.83 bits per heavy atom. The molecule has 0 aliphatic heterocycles. The van der Waals surface area contributed by atoms with Crippen LogP contribution in [-0.4, -0.2) is 21.4 Å². The number of hydrogen-bond acceptors (Lipinski definition) is 4. The number of nitrogens with zero attached hydrogens (tertiary/aromatic N) is 2. The second kappa shape index (κ2) is 6.77. The fourth-order valence-corrected chi connectivity index (χ4v) is 2.23. The van der Waals surface area contributed by atoms with Gasteiger partial charge in [-0.25, -0.2) is 9.97 Å². The molecule has 1 aromatic carbocycles. The Balaban J connectivity index is 2.20. The van der Waals surface area contributed by atoms with E-state index in [9.17, 15) is 4.79 Å². The third-order valence-electron chi connectivity index (χ3n) is 3.23. The van der Waals surface area contributed by atoms with Crippen LogP contribution >= 0.6 is 0 Å². The third-order valence-corrected chi connectivity index (χ3v) is 3.23. The number of aromatic nitrogens is 2. The second-order valence-electron chi connectivity index (χ2n) is 6.86. The van der Waals surface area contributed by atoms with Crippen LogP contribution in [0.5, 0.6) is 0 Å². The highest BCUT2D eigenvalue weighted by Crippen LogP contribution is 2.24. The van der Waals surface area contributed by atoms with Crippen LogP contribution in [0.2, 0.25) is 0 Å². The topological polar surface area (TPSA) is 66.9 Å². The number of nitrogens with one attached hydrogen (secondary N) is 2. The quantitative estimate of drug-likeness (QED) is 0.893. The van der Waals surface area contributed by atoms with Crippen LogP contribution in [0.1, 0.15) is 56.6 Å². The van der Waals surface area contributed by atoms with Gasteiger partial charge in [-0.2, -0.15) is 0 Å². The molecule has 0 saturated carbocycles. The summed E-state index contributed by atoms with van der Waals surface area (Å²) in [5.74, 6) is 0.724. The molecule has 2 aromatic rings. The van der Waals surface area contributed by atoms with E-state index in [4.69, 9.17) is 0 Å². The van der Waals surface area contributed by atoms with Crippen LogP contribution in [-0.2, 0) is 0 Å². The van der Waals surface area contributed by atoms with Crippen molar-refractivity contribution in [3.8, 4) is 0 Å². The van der Waals surface area contributed by atoms with Crippen LogP contribution in [0.3, 0.4) is 0 Å². The van der Waals surface area contributed by atoms with E-state index in [1.807, 2.05) is 45.0 Å². The number of hydrogen-bond donors (Lipinski definition) is 2. The zero-order chi connectivity index (χ0) is 17.0. The number of amides is 1. The van der Waals surface area contributed by atoms with Gasteiger partial charge in [-0.3, -0.25) is 4.79 Å². The summed E-state index contributed by atoms with van der Waals surface area (Å²) in [6, 6.07) is 9.48. The zero-order valence-electron chi connectivity index (χ0n) is 14.3. The normalized spacial score (nSPS) is 11.4. The monoisotopic (exact) mass is 312 g/mol. The van der Waals surface area contributed by atoms with Crippen LogP contribution in [0, 0.1) is 0 Å². The number of para-hydroxylation sites is 1. The number of benzene rings is 1. The molecule has 2 rings (SSSR count). The van der Waals surface area contributed by atoms with E-state index in [0.717, 1.165) is 11.3 Å². The summed E-state index contributed by atoms with van der Waals surface area (Å²) < 4.78 is 0. The molecule has 5 nitrogen and oxygen atoms in total. The van der Waals surface area contributed by atoms with Gasteiger partial charge >= 0.3 is 0 Å². The van der Waals surface area contributed by atoms with Crippen LogP contribution < -0.4 is 10.6 Å². The fraction of sp³-hybridized carbons (Fsp3) is 0.389. The Kier molecular flexibility index (Phi) is 4.98. The lowest BCUT2D eigenvalue weighted by Crippen LogP contribution is -2.27. The SMILES string of the molecule is CC(C)c1ccccc1NC(=O)c1cc(NC(C)(C)C)ncn1. The summed E-state index contributed by atoms with van der Waals surface area (Å²) in [6.45, 7) is 10.3. The molecule has 0 aliphatic carbocycles. The van der Waals surface area contributed by atoms with Gasteiger partial charge in [-0.05, 0) is 38.3 Å². The predicted octanol–water partition coefficient (Wildman–Crippen LogP) is 4.06. The van der Waals surface area contributed by atoms with Gasteiger partial charge in [0.15, 0.2) is 0 Å². The molecule has 0 atom stereocenters. The molecule has 23 heavy (non-hydrogen) atoms. The molecule has 0 unspecified atom stereocenters. The lowest BCUT2D eigenvalue weighted by atomic mass is 10.0. The summed E-state index contributed by atoms with van der Waals surface area (Å²) >= 11 is 0. The molecule has 0 spiro atoms. The van der Waals surface area contributed by atoms with Gasteiger partial charge in [0.2, 0.25) is 0 Å². The van der Waals surface area contributed by atoms with Crippen molar-refractivity contribution in [3.05, 3.63) is 47.9 Å². The maximum absolute atomic E-state index is 12.5. The van der Waals surface area contributed by atoms with Gasteiger partial charge < -0.3 is 10.6 Å². The van der Waals surface area contributed by atoms with E-state index in [-0.39, 0.29) is 11.4 Å². The Morgan fingerprint density at radius 1 is 1.13 bits per heavy atom. The zero-order valence-corrected chi connectivity index (χ0v) is 14.3. The second-order valence-corrected chi connectivity index (χ2v) is 6.86. The van der Waals surface area contributed by atoms with Crippen molar-refractivity contribution in [2.24, 2.45) is 0 Å².